The molecule has 38 valence electrons. The molecule has 0 aromatic carbocycles. The van der Waals surface area contributed by atoms with Gasteiger partial charge in [0.15, 0.2) is 0 Å². The van der Waals surface area contributed by atoms with Gasteiger partial charge < -0.3 is 4.74 Å². The van der Waals surface area contributed by atoms with Crippen LogP contribution in [0.15, 0.2) is 0 Å². The molecular weight excluding hydrogens is 119 g/mol. The Kier molecular flexibility index (Phi) is 16.4. The van der Waals surface area contributed by atoms with Crippen LogP contribution in [-0.4, -0.2) is 12.4 Å². The Morgan fingerprint density at radius 3 is 2.43 bits per heavy atom. The number of thiol groups is 1. The molecule has 0 amide bonds. The maximum Gasteiger partial charge on any atom is 1.00 e. The monoisotopic (exact) mass is 128 g/mol. The van der Waals surface area contributed by atoms with Crippen LogP contribution in [0.5, 0.6) is 0 Å². The Balaban J connectivity index is 0. The van der Waals surface area contributed by atoms with Crippen molar-refractivity contribution in [3.05, 3.63) is 6.61 Å². The molecular formula is C4H9NaOS. The van der Waals surface area contributed by atoms with Crippen molar-refractivity contribution in [2.45, 2.75) is 6.92 Å². The van der Waals surface area contributed by atoms with Crippen LogP contribution in [0.1, 0.15) is 6.92 Å². The number of hydrogen-bond donors (Lipinski definition) is 1. The Bertz CT molecular complexity index is 23.7. The van der Waals surface area contributed by atoms with Crippen molar-refractivity contribution in [2.24, 2.45) is 0 Å². The summed E-state index contributed by atoms with van der Waals surface area (Å²) in [5.41, 5.74) is 0. The molecule has 0 radical (unpaired) electrons. The molecule has 0 N–H and O–H groups in total. The molecule has 0 aromatic heterocycles. The third-order valence-electron chi connectivity index (χ3n) is 0.359. The van der Waals surface area contributed by atoms with Gasteiger partial charge in [0.2, 0.25) is 0 Å². The summed E-state index contributed by atoms with van der Waals surface area (Å²) < 4.78 is 4.78. The summed E-state index contributed by atoms with van der Waals surface area (Å²) in [5, 5.41) is 0. The van der Waals surface area contributed by atoms with Gasteiger partial charge in [-0.1, -0.05) is 0 Å². The van der Waals surface area contributed by atoms with Crippen molar-refractivity contribution in [3.8, 4) is 0 Å². The first-order valence-corrected chi connectivity index (χ1v) is 2.59. The maximum absolute atomic E-state index is 4.78. The standard InChI is InChI=1S/C4H9OS.Na/c1-2-5-3-4-6;/h3,6H,2,4H2,1H3;/q-1;+1. The van der Waals surface area contributed by atoms with Gasteiger partial charge in [-0.3, -0.25) is 0 Å². The molecule has 0 aliphatic carbocycles. The molecule has 0 rings (SSSR count). The van der Waals surface area contributed by atoms with Crippen LogP contribution in [0.4, 0.5) is 0 Å². The van der Waals surface area contributed by atoms with Crippen LogP contribution in [0.3, 0.4) is 0 Å². The SMILES string of the molecule is CCO[CH-]CS.[Na+]. The second kappa shape index (κ2) is 10.3. The van der Waals surface area contributed by atoms with E-state index >= 15 is 0 Å². The fraction of sp³-hybridized carbons (Fsp3) is 0.750. The maximum atomic E-state index is 4.78. The van der Waals surface area contributed by atoms with Gasteiger partial charge in [-0.25, -0.2) is 19.2 Å². The van der Waals surface area contributed by atoms with E-state index in [1.165, 1.54) is 0 Å². The predicted molar refractivity (Wildman–Crippen MR) is 29.8 cm³/mol. The van der Waals surface area contributed by atoms with Crippen molar-refractivity contribution < 1.29 is 34.3 Å². The average Bonchev–Trinajstić information content (AvgIpc) is 1.61. The van der Waals surface area contributed by atoms with Crippen molar-refractivity contribution in [1.29, 1.82) is 0 Å². The van der Waals surface area contributed by atoms with E-state index in [1.54, 1.807) is 6.61 Å². The van der Waals surface area contributed by atoms with Crippen LogP contribution in [0.25, 0.3) is 0 Å². The van der Waals surface area contributed by atoms with Gasteiger partial charge in [-0.05, 0) is 6.92 Å². The zero-order valence-corrected chi connectivity index (χ0v) is 7.74. The summed E-state index contributed by atoms with van der Waals surface area (Å²) in [4.78, 5) is 0. The first-order chi connectivity index (χ1) is 2.91. The first-order valence-electron chi connectivity index (χ1n) is 1.96. The molecule has 7 heavy (non-hydrogen) atoms. The van der Waals surface area contributed by atoms with E-state index in [4.69, 9.17) is 4.74 Å². The van der Waals surface area contributed by atoms with Gasteiger partial charge in [-0.2, -0.15) is 0 Å². The van der Waals surface area contributed by atoms with E-state index in [-0.39, 0.29) is 29.6 Å². The number of ether oxygens (including phenoxy) is 1. The molecule has 0 atom stereocenters. The zero-order valence-electron chi connectivity index (χ0n) is 4.85. The minimum Gasteiger partial charge on any atom is -0.551 e. The van der Waals surface area contributed by atoms with E-state index in [1.807, 2.05) is 6.92 Å². The smallest absolute Gasteiger partial charge is 0.551 e. The Morgan fingerprint density at radius 2 is 2.29 bits per heavy atom. The summed E-state index contributed by atoms with van der Waals surface area (Å²) in [6.45, 7) is 4.36. The van der Waals surface area contributed by atoms with Gasteiger partial charge in [0.05, 0.1) is 0 Å². The van der Waals surface area contributed by atoms with E-state index in [2.05, 4.69) is 12.6 Å². The first kappa shape index (κ1) is 11.2. The normalized spacial score (nSPS) is 7.71. The van der Waals surface area contributed by atoms with E-state index in [0.29, 0.717) is 5.75 Å². The Morgan fingerprint density at radius 1 is 1.71 bits per heavy atom. The van der Waals surface area contributed by atoms with Crippen molar-refractivity contribution in [2.75, 3.05) is 12.4 Å². The molecule has 0 heterocycles. The zero-order chi connectivity index (χ0) is 4.83. The van der Waals surface area contributed by atoms with E-state index in [9.17, 15) is 0 Å². The molecule has 0 aliphatic rings. The second-order valence-electron chi connectivity index (χ2n) is 0.805. The fourth-order valence-electron chi connectivity index (χ4n) is 0.171. The van der Waals surface area contributed by atoms with Crippen LogP contribution in [-0.2, 0) is 4.74 Å². The van der Waals surface area contributed by atoms with Crippen molar-refractivity contribution in [3.63, 3.8) is 0 Å². The van der Waals surface area contributed by atoms with Gasteiger partial charge in [-0.15, -0.1) is 5.75 Å². The Labute approximate surface area is 72.5 Å². The quantitative estimate of drug-likeness (QED) is 0.202. The topological polar surface area (TPSA) is 9.23 Å². The Hall–Kier alpha value is 1.31. The average molecular weight is 128 g/mol. The summed E-state index contributed by atoms with van der Waals surface area (Å²) in [5.74, 6) is 0.702. The van der Waals surface area contributed by atoms with Crippen molar-refractivity contribution >= 4 is 12.6 Å². The van der Waals surface area contributed by atoms with Gasteiger partial charge in [0.1, 0.15) is 0 Å². The predicted octanol–water partition coefficient (Wildman–Crippen LogP) is -1.88. The molecule has 0 saturated carbocycles. The minimum atomic E-state index is 0. The molecule has 0 unspecified atom stereocenters. The molecule has 0 bridgehead atoms. The van der Waals surface area contributed by atoms with Gasteiger partial charge in [0, 0.05) is 6.61 Å². The molecule has 3 heteroatoms. The van der Waals surface area contributed by atoms with E-state index in [0.717, 1.165) is 6.61 Å². The van der Waals surface area contributed by atoms with Crippen LogP contribution >= 0.6 is 12.6 Å². The summed E-state index contributed by atoms with van der Waals surface area (Å²) in [6, 6.07) is 0. The largest absolute Gasteiger partial charge is 1.00 e. The molecule has 1 nitrogen and oxygen atoms in total. The van der Waals surface area contributed by atoms with Crippen LogP contribution in [0.2, 0.25) is 0 Å². The minimum absolute atomic E-state index is 0. The molecule has 0 aromatic rings. The van der Waals surface area contributed by atoms with Crippen LogP contribution in [0, 0.1) is 6.61 Å². The van der Waals surface area contributed by atoms with Gasteiger partial charge in [0.25, 0.3) is 0 Å². The molecule has 0 spiro atoms. The van der Waals surface area contributed by atoms with E-state index < -0.39 is 0 Å². The summed E-state index contributed by atoms with van der Waals surface area (Å²) in [7, 11) is 0. The van der Waals surface area contributed by atoms with Crippen LogP contribution < -0.4 is 29.6 Å². The third-order valence-corrected chi connectivity index (χ3v) is 0.508. The number of rotatable bonds is 3. The molecule has 0 fully saturated rings. The molecule has 0 aliphatic heterocycles. The second-order valence-corrected chi connectivity index (χ2v) is 1.17. The summed E-state index contributed by atoms with van der Waals surface area (Å²) in [6.07, 6.45) is 0. The fourth-order valence-corrected chi connectivity index (χ4v) is 0.276. The number of hydrogen-bond acceptors (Lipinski definition) is 2. The van der Waals surface area contributed by atoms with Crippen molar-refractivity contribution in [1.82, 2.24) is 0 Å². The van der Waals surface area contributed by atoms with Gasteiger partial charge >= 0.3 is 29.6 Å². The third kappa shape index (κ3) is 11.1. The molecule has 0 saturated heterocycles. The summed E-state index contributed by atoms with van der Waals surface area (Å²) >= 11 is 3.87.